The quantitative estimate of drug-likeness (QED) is 0.357. The summed E-state index contributed by atoms with van der Waals surface area (Å²) in [5, 5.41) is 0.563. The minimum absolute atomic E-state index is 0.0809. The van der Waals surface area contributed by atoms with Crippen molar-refractivity contribution in [2.45, 2.75) is 19.9 Å². The fraction of sp³-hybridized carbons (Fsp3) is 0.286. The molecule has 0 aliphatic carbocycles. The van der Waals surface area contributed by atoms with Crippen LogP contribution in [-0.2, 0) is 13.0 Å². The first-order chi connectivity index (χ1) is 17.4. The second-order valence-corrected chi connectivity index (χ2v) is 9.55. The maximum Gasteiger partial charge on any atom is 0.272 e. The Kier molecular flexibility index (Phi) is 6.83. The van der Waals surface area contributed by atoms with E-state index in [1.54, 1.807) is 21.6 Å². The minimum Gasteiger partial charge on any atom is -0.368 e. The van der Waals surface area contributed by atoms with E-state index in [0.29, 0.717) is 23.7 Å². The maximum atomic E-state index is 13.4. The highest BCUT2D eigenvalue weighted by Gasteiger charge is 2.22. The number of amides is 1. The van der Waals surface area contributed by atoms with Crippen LogP contribution in [0, 0.1) is 5.82 Å². The summed E-state index contributed by atoms with van der Waals surface area (Å²) in [5.74, 6) is -0.291. The lowest BCUT2D eigenvalue weighted by Gasteiger charge is -2.37. The lowest BCUT2D eigenvalue weighted by molar-refractivity contribution is 0.0777. The molecule has 0 spiro atoms. The smallest absolute Gasteiger partial charge is 0.272 e. The van der Waals surface area contributed by atoms with E-state index in [1.807, 2.05) is 32.2 Å². The number of imidazole rings is 1. The monoisotopic (exact) mass is 505 g/mol. The number of anilines is 2. The molecule has 0 atom stereocenters. The Morgan fingerprint density at radius 3 is 2.11 bits per heavy atom. The normalized spacial score (nSPS) is 13.9. The lowest BCUT2D eigenvalue weighted by Crippen LogP contribution is -2.46. The van der Waals surface area contributed by atoms with E-state index in [4.69, 9.17) is 11.6 Å². The number of halogens is 2. The molecule has 1 aliphatic heterocycles. The van der Waals surface area contributed by atoms with Crippen LogP contribution >= 0.6 is 11.6 Å². The number of fused-ring (bicyclic) bond motifs is 1. The third kappa shape index (κ3) is 4.88. The van der Waals surface area contributed by atoms with Gasteiger partial charge in [0, 0.05) is 57.3 Å². The third-order valence-corrected chi connectivity index (χ3v) is 6.96. The average molecular weight is 506 g/mol. The fourth-order valence-corrected chi connectivity index (χ4v) is 4.91. The van der Waals surface area contributed by atoms with Crippen LogP contribution in [0.2, 0.25) is 5.02 Å². The van der Waals surface area contributed by atoms with Crippen molar-refractivity contribution >= 4 is 34.5 Å². The number of nitrogens with zero attached hydrogens (tertiary/aromatic N) is 5. The zero-order chi connectivity index (χ0) is 25.2. The zero-order valence-corrected chi connectivity index (χ0v) is 21.2. The predicted molar refractivity (Wildman–Crippen MR) is 143 cm³/mol. The number of aryl methyl sites for hydroxylation is 1. The van der Waals surface area contributed by atoms with Gasteiger partial charge in [-0.25, -0.2) is 9.37 Å². The number of carbonyl (C=O) groups excluding carboxylic acids is 1. The van der Waals surface area contributed by atoms with Crippen LogP contribution in [0.4, 0.5) is 15.8 Å². The van der Waals surface area contributed by atoms with Crippen LogP contribution in [0.1, 0.15) is 28.7 Å². The van der Waals surface area contributed by atoms with Gasteiger partial charge in [-0.1, -0.05) is 30.7 Å². The molecule has 5 rings (SSSR count). The SMILES string of the molecule is CCc1nc2ccc(Cl)cn2c1C(=O)N(C)Cc1ccc(N2CCN(c3ccc(F)cc3)CC2)cc1. The van der Waals surface area contributed by atoms with Crippen LogP contribution in [0.3, 0.4) is 0 Å². The van der Waals surface area contributed by atoms with Crippen molar-refractivity contribution in [3.8, 4) is 0 Å². The Bertz CT molecular complexity index is 1360. The molecular weight excluding hydrogens is 477 g/mol. The number of hydrogen-bond donors (Lipinski definition) is 0. The van der Waals surface area contributed by atoms with E-state index in [9.17, 15) is 9.18 Å². The van der Waals surface area contributed by atoms with Crippen molar-refractivity contribution in [2.24, 2.45) is 0 Å². The highest BCUT2D eigenvalue weighted by molar-refractivity contribution is 6.30. The number of piperazine rings is 1. The molecule has 1 aliphatic rings. The van der Waals surface area contributed by atoms with E-state index >= 15 is 0 Å². The fourth-order valence-electron chi connectivity index (χ4n) is 4.75. The Hall–Kier alpha value is -3.58. The van der Waals surface area contributed by atoms with Crippen molar-refractivity contribution in [2.75, 3.05) is 43.0 Å². The van der Waals surface area contributed by atoms with Crippen molar-refractivity contribution in [3.05, 3.63) is 94.7 Å². The average Bonchev–Trinajstić information content (AvgIpc) is 3.27. The van der Waals surface area contributed by atoms with Crippen LogP contribution in [-0.4, -0.2) is 53.4 Å². The molecule has 3 heterocycles. The number of carbonyl (C=O) groups is 1. The number of hydrogen-bond acceptors (Lipinski definition) is 4. The van der Waals surface area contributed by atoms with Crippen LogP contribution in [0.15, 0.2) is 66.9 Å². The molecule has 8 heteroatoms. The molecule has 36 heavy (non-hydrogen) atoms. The molecule has 0 unspecified atom stereocenters. The molecule has 4 aromatic rings. The van der Waals surface area contributed by atoms with Gasteiger partial charge in [-0.15, -0.1) is 0 Å². The lowest BCUT2D eigenvalue weighted by atomic mass is 10.1. The minimum atomic E-state index is -0.210. The van der Waals surface area contributed by atoms with Gasteiger partial charge in [0.25, 0.3) is 5.91 Å². The number of benzene rings is 2. The maximum absolute atomic E-state index is 13.4. The summed E-state index contributed by atoms with van der Waals surface area (Å²) >= 11 is 6.19. The second kappa shape index (κ2) is 10.2. The van der Waals surface area contributed by atoms with Gasteiger partial charge in [-0.2, -0.15) is 0 Å². The van der Waals surface area contributed by atoms with Crippen LogP contribution < -0.4 is 9.80 Å². The molecule has 0 radical (unpaired) electrons. The van der Waals surface area contributed by atoms with E-state index in [1.165, 1.54) is 12.1 Å². The molecule has 0 saturated carbocycles. The highest BCUT2D eigenvalue weighted by Crippen LogP contribution is 2.23. The molecule has 1 amide bonds. The first-order valence-corrected chi connectivity index (χ1v) is 12.6. The largest absolute Gasteiger partial charge is 0.368 e. The number of rotatable bonds is 6. The molecule has 1 fully saturated rings. The van der Waals surface area contributed by atoms with Crippen molar-refractivity contribution < 1.29 is 9.18 Å². The standard InChI is InChI=1S/C28H29ClFN5O/c1-3-25-27(35-19-21(29)6-13-26(35)31-25)28(36)32(2)18-20-4-9-23(10-5-20)33-14-16-34(17-15-33)24-11-7-22(30)8-12-24/h4-13,19H,3,14-18H2,1-2H3. The van der Waals surface area contributed by atoms with Gasteiger partial charge in [-0.3, -0.25) is 9.20 Å². The molecule has 0 N–H and O–H groups in total. The van der Waals surface area contributed by atoms with Gasteiger partial charge < -0.3 is 14.7 Å². The Labute approximate surface area is 215 Å². The molecule has 186 valence electrons. The molecular formula is C28H29ClFN5O. The third-order valence-electron chi connectivity index (χ3n) is 6.73. The van der Waals surface area contributed by atoms with Gasteiger partial charge >= 0.3 is 0 Å². The first kappa shape index (κ1) is 24.1. The Morgan fingerprint density at radius 2 is 1.53 bits per heavy atom. The van der Waals surface area contributed by atoms with Gasteiger partial charge in [0.1, 0.15) is 17.2 Å². The van der Waals surface area contributed by atoms with Crippen molar-refractivity contribution in [1.29, 1.82) is 0 Å². The van der Waals surface area contributed by atoms with E-state index in [0.717, 1.165) is 54.5 Å². The summed E-state index contributed by atoms with van der Waals surface area (Å²) in [5.41, 5.74) is 5.33. The molecule has 2 aromatic carbocycles. The molecule has 2 aromatic heterocycles. The van der Waals surface area contributed by atoms with E-state index < -0.39 is 0 Å². The van der Waals surface area contributed by atoms with Gasteiger partial charge in [-0.05, 0) is 60.5 Å². The van der Waals surface area contributed by atoms with Gasteiger partial charge in [0.2, 0.25) is 0 Å². The van der Waals surface area contributed by atoms with Crippen LogP contribution in [0.5, 0.6) is 0 Å². The predicted octanol–water partition coefficient (Wildman–Crippen LogP) is 5.29. The summed E-state index contributed by atoms with van der Waals surface area (Å²) in [4.78, 5) is 24.3. The van der Waals surface area contributed by atoms with E-state index in [2.05, 4.69) is 39.0 Å². The molecule has 6 nitrogen and oxygen atoms in total. The zero-order valence-electron chi connectivity index (χ0n) is 20.5. The summed E-state index contributed by atoms with van der Waals surface area (Å²) in [6.45, 7) is 6.05. The number of pyridine rings is 1. The summed E-state index contributed by atoms with van der Waals surface area (Å²) in [7, 11) is 1.81. The van der Waals surface area contributed by atoms with Gasteiger partial charge in [0.15, 0.2) is 0 Å². The van der Waals surface area contributed by atoms with Crippen LogP contribution in [0.25, 0.3) is 5.65 Å². The Balaban J connectivity index is 1.23. The molecule has 1 saturated heterocycles. The topological polar surface area (TPSA) is 44.1 Å². The molecule has 0 bridgehead atoms. The van der Waals surface area contributed by atoms with Crippen molar-refractivity contribution in [1.82, 2.24) is 14.3 Å². The summed E-state index contributed by atoms with van der Waals surface area (Å²) < 4.78 is 15.0. The Morgan fingerprint density at radius 1 is 0.944 bits per heavy atom. The first-order valence-electron chi connectivity index (χ1n) is 12.2. The highest BCUT2D eigenvalue weighted by atomic mass is 35.5. The van der Waals surface area contributed by atoms with E-state index in [-0.39, 0.29) is 11.7 Å². The summed E-state index contributed by atoms with van der Waals surface area (Å²) in [6.07, 6.45) is 2.41. The van der Waals surface area contributed by atoms with Crippen molar-refractivity contribution in [3.63, 3.8) is 0 Å². The van der Waals surface area contributed by atoms with Gasteiger partial charge in [0.05, 0.1) is 10.7 Å². The second-order valence-electron chi connectivity index (χ2n) is 9.11. The summed E-state index contributed by atoms with van der Waals surface area (Å²) in [6, 6.07) is 18.7. The number of aromatic nitrogens is 2.